The van der Waals surface area contributed by atoms with Crippen LogP contribution in [0, 0.1) is 0 Å². The number of hydrogen-bond donors (Lipinski definition) is 3. The lowest BCUT2D eigenvalue weighted by Crippen LogP contribution is -2.36. The number of halogens is 1. The highest BCUT2D eigenvalue weighted by Gasteiger charge is 2.12. The van der Waals surface area contributed by atoms with E-state index in [9.17, 15) is 14.4 Å². The van der Waals surface area contributed by atoms with Crippen LogP contribution >= 0.6 is 23.4 Å². The molecule has 0 aromatic heterocycles. The van der Waals surface area contributed by atoms with Crippen LogP contribution in [0.2, 0.25) is 5.02 Å². The molecule has 0 saturated carbocycles. The first-order chi connectivity index (χ1) is 13.9. The van der Waals surface area contributed by atoms with Crippen LogP contribution in [-0.2, 0) is 14.3 Å². The Balaban J connectivity index is 2.30. The van der Waals surface area contributed by atoms with Gasteiger partial charge in [0.15, 0.2) is 0 Å². The zero-order valence-corrected chi connectivity index (χ0v) is 17.0. The fraction of sp³-hybridized carbons (Fsp3) is 0.111. The summed E-state index contributed by atoms with van der Waals surface area (Å²) in [5, 5.41) is 8.16. The van der Waals surface area contributed by atoms with Crippen LogP contribution in [0.25, 0.3) is 0 Å². The summed E-state index contributed by atoms with van der Waals surface area (Å²) < 4.78 is 8.96. The Bertz CT molecular complexity index is 938. The Hall–Kier alpha value is -3.24. The van der Waals surface area contributed by atoms with Gasteiger partial charge in [-0.1, -0.05) is 29.4 Å². The van der Waals surface area contributed by atoms with E-state index in [0.717, 1.165) is 24.0 Å². The first-order valence-corrected chi connectivity index (χ1v) is 9.21. The third-order valence-corrected chi connectivity index (χ3v) is 4.49. The summed E-state index contributed by atoms with van der Waals surface area (Å²) in [5.74, 6) is -0.243. The summed E-state index contributed by atoms with van der Waals surface area (Å²) in [6, 6.07) is 12.4. The van der Waals surface area contributed by atoms with Crippen LogP contribution < -0.4 is 16.0 Å². The van der Waals surface area contributed by atoms with Gasteiger partial charge in [-0.3, -0.25) is 10.1 Å². The van der Waals surface area contributed by atoms with E-state index in [2.05, 4.69) is 30.4 Å². The predicted octanol–water partition coefficient (Wildman–Crippen LogP) is 3.95. The number of nitrogens with zero attached hydrogens (tertiary/aromatic N) is 1. The summed E-state index contributed by atoms with van der Waals surface area (Å²) in [6.45, 7) is 0. The third-order valence-electron chi connectivity index (χ3n) is 3.27. The van der Waals surface area contributed by atoms with Crippen molar-refractivity contribution in [1.29, 1.82) is 0 Å². The summed E-state index contributed by atoms with van der Waals surface area (Å²) in [7, 11) is 2.30. The molecule has 0 fully saturated rings. The van der Waals surface area contributed by atoms with Gasteiger partial charge < -0.3 is 20.1 Å². The maximum atomic E-state index is 11.5. The molecule has 0 aliphatic carbocycles. The lowest BCUT2D eigenvalue weighted by Gasteiger charge is -2.14. The van der Waals surface area contributed by atoms with Crippen LogP contribution in [0.4, 0.5) is 21.0 Å². The van der Waals surface area contributed by atoms with Crippen molar-refractivity contribution < 1.29 is 23.9 Å². The van der Waals surface area contributed by atoms with E-state index in [1.807, 2.05) is 18.2 Å². The largest absolute Gasteiger partial charge is 0.453 e. The number of amides is 3. The number of anilines is 2. The van der Waals surface area contributed by atoms with Crippen LogP contribution in [0.3, 0.4) is 0 Å². The maximum Gasteiger partial charge on any atom is 0.436 e. The van der Waals surface area contributed by atoms with Crippen molar-refractivity contribution in [3.8, 4) is 0 Å². The minimum absolute atomic E-state index is 0.243. The molecular formula is C18H17ClN4O5S. The van der Waals surface area contributed by atoms with Gasteiger partial charge in [0.05, 0.1) is 25.6 Å². The number of alkyl carbamates (subject to hydrolysis) is 1. The number of benzene rings is 2. The Morgan fingerprint density at radius 1 is 1.07 bits per heavy atom. The molecule has 9 nitrogen and oxygen atoms in total. The topological polar surface area (TPSA) is 118 Å². The molecule has 0 heterocycles. The van der Waals surface area contributed by atoms with E-state index in [1.54, 1.807) is 24.3 Å². The molecule has 29 heavy (non-hydrogen) atoms. The first-order valence-electron chi connectivity index (χ1n) is 8.01. The van der Waals surface area contributed by atoms with Crippen LogP contribution in [0.1, 0.15) is 0 Å². The summed E-state index contributed by atoms with van der Waals surface area (Å²) in [5.41, 5.74) is 0.753. The zero-order chi connectivity index (χ0) is 21.2. The number of ether oxygens (including phenoxy) is 2. The highest BCUT2D eigenvalue weighted by Crippen LogP contribution is 2.33. The van der Waals surface area contributed by atoms with Gasteiger partial charge in [0, 0.05) is 14.8 Å². The summed E-state index contributed by atoms with van der Waals surface area (Å²) in [4.78, 5) is 39.3. The second-order valence-electron chi connectivity index (χ2n) is 5.20. The molecule has 152 valence electrons. The fourth-order valence-corrected chi connectivity index (χ4v) is 3.22. The van der Waals surface area contributed by atoms with Crippen molar-refractivity contribution >= 4 is 59.3 Å². The minimum Gasteiger partial charge on any atom is -0.453 e. The van der Waals surface area contributed by atoms with E-state index in [0.29, 0.717) is 22.8 Å². The number of carbonyl (C=O) groups is 3. The second-order valence-corrected chi connectivity index (χ2v) is 6.78. The van der Waals surface area contributed by atoms with E-state index < -0.39 is 12.2 Å². The highest BCUT2D eigenvalue weighted by atomic mass is 35.5. The SMILES string of the molecule is COC(=O)/N=C(\NC(=O)OC)Nc1ccc(Sc2cccc(Cl)c2)cc1NC=O. The summed E-state index contributed by atoms with van der Waals surface area (Å²) in [6.07, 6.45) is -1.29. The average molecular weight is 437 g/mol. The molecule has 2 aromatic rings. The number of methoxy groups -OCH3 is 2. The first kappa shape index (κ1) is 22.1. The maximum absolute atomic E-state index is 11.5. The van der Waals surface area contributed by atoms with Crippen molar-refractivity contribution in [2.75, 3.05) is 24.9 Å². The Morgan fingerprint density at radius 2 is 1.83 bits per heavy atom. The Kier molecular flexibility index (Phi) is 8.31. The quantitative estimate of drug-likeness (QED) is 0.369. The Morgan fingerprint density at radius 3 is 2.48 bits per heavy atom. The molecule has 0 saturated heterocycles. The number of rotatable bonds is 5. The van der Waals surface area contributed by atoms with Crippen LogP contribution in [-0.4, -0.2) is 38.8 Å². The molecule has 2 aromatic carbocycles. The number of hydrogen-bond acceptors (Lipinski definition) is 6. The normalized spacial score (nSPS) is 10.7. The molecule has 0 atom stereocenters. The van der Waals surface area contributed by atoms with E-state index in [1.165, 1.54) is 11.8 Å². The number of carbonyl (C=O) groups excluding carboxylic acids is 3. The third kappa shape index (κ3) is 7.01. The smallest absolute Gasteiger partial charge is 0.436 e. The van der Waals surface area contributed by atoms with Gasteiger partial charge in [0.2, 0.25) is 12.4 Å². The molecule has 2 rings (SSSR count). The predicted molar refractivity (Wildman–Crippen MR) is 111 cm³/mol. The van der Waals surface area contributed by atoms with Crippen molar-refractivity contribution in [2.45, 2.75) is 9.79 Å². The van der Waals surface area contributed by atoms with Crippen LogP contribution in [0.15, 0.2) is 57.2 Å². The monoisotopic (exact) mass is 436 g/mol. The lowest BCUT2D eigenvalue weighted by atomic mass is 10.2. The number of aliphatic imine (C=N–C) groups is 1. The van der Waals surface area contributed by atoms with Crippen molar-refractivity contribution in [2.24, 2.45) is 4.99 Å². The van der Waals surface area contributed by atoms with E-state index in [4.69, 9.17) is 11.6 Å². The lowest BCUT2D eigenvalue weighted by molar-refractivity contribution is -0.105. The molecule has 11 heteroatoms. The molecule has 0 bridgehead atoms. The van der Waals surface area contributed by atoms with Crippen molar-refractivity contribution in [3.05, 3.63) is 47.5 Å². The average Bonchev–Trinajstić information content (AvgIpc) is 2.69. The highest BCUT2D eigenvalue weighted by molar-refractivity contribution is 7.99. The van der Waals surface area contributed by atoms with E-state index >= 15 is 0 Å². The van der Waals surface area contributed by atoms with Gasteiger partial charge in [-0.15, -0.1) is 4.99 Å². The molecule has 3 amide bonds. The van der Waals surface area contributed by atoms with Crippen molar-refractivity contribution in [3.63, 3.8) is 0 Å². The van der Waals surface area contributed by atoms with Gasteiger partial charge in [-0.05, 0) is 36.4 Å². The molecule has 0 aliphatic heterocycles. The summed E-state index contributed by atoms with van der Waals surface area (Å²) >= 11 is 7.44. The van der Waals surface area contributed by atoms with E-state index in [-0.39, 0.29) is 5.96 Å². The number of nitrogens with one attached hydrogen (secondary N) is 3. The van der Waals surface area contributed by atoms with Gasteiger partial charge in [0.25, 0.3) is 0 Å². The molecule has 0 spiro atoms. The van der Waals surface area contributed by atoms with Gasteiger partial charge in [-0.25, -0.2) is 9.59 Å². The van der Waals surface area contributed by atoms with Gasteiger partial charge >= 0.3 is 12.2 Å². The molecule has 3 N–H and O–H groups in total. The molecule has 0 aliphatic rings. The standard InChI is InChI=1S/C18H17ClN4O5S/c1-27-17(25)22-16(23-18(26)28-2)21-14-7-6-13(9-15(14)20-10-24)29-12-5-3-4-11(19)8-12/h3-10H,1-2H3,(H,20,24)(H2,21,22,23,25,26). The molecule has 0 radical (unpaired) electrons. The van der Waals surface area contributed by atoms with Gasteiger partial charge in [0.1, 0.15) is 0 Å². The van der Waals surface area contributed by atoms with Gasteiger partial charge in [-0.2, -0.15) is 0 Å². The molecule has 0 unspecified atom stereocenters. The molecular weight excluding hydrogens is 420 g/mol. The van der Waals surface area contributed by atoms with Crippen molar-refractivity contribution in [1.82, 2.24) is 5.32 Å². The number of guanidine groups is 1. The van der Waals surface area contributed by atoms with Crippen LogP contribution in [0.5, 0.6) is 0 Å². The zero-order valence-electron chi connectivity index (χ0n) is 15.4. The second kappa shape index (κ2) is 10.9. The minimum atomic E-state index is -0.943. The fourth-order valence-electron chi connectivity index (χ4n) is 2.04. The Labute approximate surface area is 175 Å².